The molecule has 0 saturated heterocycles. The van der Waals surface area contributed by atoms with Crippen molar-refractivity contribution in [3.63, 3.8) is 0 Å². The van der Waals surface area contributed by atoms with Crippen LogP contribution in [0.25, 0.3) is 21.8 Å². The smallest absolute Gasteiger partial charge is 0.267 e. The average molecular weight is 440 g/mol. The summed E-state index contributed by atoms with van der Waals surface area (Å²) in [6.07, 6.45) is 0.896. The highest BCUT2D eigenvalue weighted by Crippen LogP contribution is 2.31. The van der Waals surface area contributed by atoms with Crippen LogP contribution in [0.3, 0.4) is 0 Å². The molecule has 1 unspecified atom stereocenters. The van der Waals surface area contributed by atoms with Gasteiger partial charge in [-0.3, -0.25) is 4.79 Å². The van der Waals surface area contributed by atoms with E-state index in [0.29, 0.717) is 12.3 Å². The molecular weight excluding hydrogens is 422 g/mol. The number of para-hydroxylation sites is 1. The van der Waals surface area contributed by atoms with Crippen molar-refractivity contribution in [3.8, 4) is 5.75 Å². The molecule has 1 atom stereocenters. The van der Waals surface area contributed by atoms with Crippen LogP contribution >= 0.6 is 15.9 Å². The van der Waals surface area contributed by atoms with E-state index >= 15 is 0 Å². The van der Waals surface area contributed by atoms with Crippen molar-refractivity contribution in [1.82, 2.24) is 9.55 Å². The Kier molecular flexibility index (Phi) is 5.02. The fraction of sp³-hybridized carbons (Fsp3) is 0.143. The maximum Gasteiger partial charge on any atom is 0.267 e. The summed E-state index contributed by atoms with van der Waals surface area (Å²) in [6.45, 7) is 0.487. The van der Waals surface area contributed by atoms with E-state index in [0.717, 1.165) is 26.3 Å². The van der Waals surface area contributed by atoms with Gasteiger partial charge >= 0.3 is 0 Å². The number of aromatic nitrogens is 2. The molecule has 28 heavy (non-hydrogen) atoms. The van der Waals surface area contributed by atoms with Crippen molar-refractivity contribution >= 4 is 43.6 Å². The topological polar surface area (TPSA) is 90.4 Å². The lowest BCUT2D eigenvalue weighted by Gasteiger charge is -2.15. The first-order valence-corrected chi connectivity index (χ1v) is 9.55. The lowest BCUT2D eigenvalue weighted by Crippen LogP contribution is -2.23. The number of primary amides is 1. The minimum atomic E-state index is -0.724. The second-order valence-electron chi connectivity index (χ2n) is 6.50. The molecule has 4 aromatic rings. The van der Waals surface area contributed by atoms with Crippen molar-refractivity contribution in [3.05, 3.63) is 71.0 Å². The van der Waals surface area contributed by atoms with Crippen molar-refractivity contribution in [2.24, 2.45) is 5.73 Å². The van der Waals surface area contributed by atoms with Crippen molar-refractivity contribution in [2.45, 2.75) is 12.6 Å². The van der Waals surface area contributed by atoms with Crippen LogP contribution in [-0.2, 0) is 6.54 Å². The summed E-state index contributed by atoms with van der Waals surface area (Å²) in [7, 11) is 0. The molecule has 0 fully saturated rings. The number of carbonyl (C=O) groups excluding carboxylic acids is 1. The van der Waals surface area contributed by atoms with Gasteiger partial charge in [0.15, 0.2) is 0 Å². The monoisotopic (exact) mass is 439 g/mol. The van der Waals surface area contributed by atoms with Gasteiger partial charge in [-0.25, -0.2) is 4.98 Å². The molecule has 6 nitrogen and oxygen atoms in total. The Hall–Kier alpha value is -2.90. The number of halogens is 1. The molecule has 0 aliphatic rings. The fourth-order valence-corrected chi connectivity index (χ4v) is 3.63. The second-order valence-corrected chi connectivity index (χ2v) is 7.42. The van der Waals surface area contributed by atoms with Crippen LogP contribution in [0.5, 0.6) is 5.75 Å². The Bertz CT molecular complexity index is 1160. The Labute approximate surface area is 169 Å². The molecule has 0 spiro atoms. The van der Waals surface area contributed by atoms with Crippen LogP contribution in [0.4, 0.5) is 0 Å². The predicted octanol–water partition coefficient (Wildman–Crippen LogP) is 3.49. The van der Waals surface area contributed by atoms with E-state index in [2.05, 4.69) is 20.9 Å². The van der Waals surface area contributed by atoms with Gasteiger partial charge < -0.3 is 20.1 Å². The van der Waals surface area contributed by atoms with Gasteiger partial charge in [0.25, 0.3) is 5.91 Å². The molecule has 7 heteroatoms. The van der Waals surface area contributed by atoms with Crippen molar-refractivity contribution < 1.29 is 14.6 Å². The molecule has 0 saturated carbocycles. The van der Waals surface area contributed by atoms with E-state index < -0.39 is 12.0 Å². The number of aliphatic hydroxyl groups is 1. The molecule has 4 rings (SSSR count). The highest BCUT2D eigenvalue weighted by Gasteiger charge is 2.16. The molecule has 2 aromatic carbocycles. The number of ether oxygens (including phenoxy) is 1. The number of hydrogen-bond acceptors (Lipinski definition) is 4. The van der Waals surface area contributed by atoms with Gasteiger partial charge in [0.1, 0.15) is 24.2 Å². The third-order valence-electron chi connectivity index (χ3n) is 4.54. The number of amides is 1. The Morgan fingerprint density at radius 2 is 1.89 bits per heavy atom. The summed E-state index contributed by atoms with van der Waals surface area (Å²) in [5, 5.41) is 12.4. The number of pyridine rings is 1. The molecule has 0 radical (unpaired) electrons. The summed E-state index contributed by atoms with van der Waals surface area (Å²) < 4.78 is 8.56. The molecule has 1 amide bonds. The number of nitrogens with zero attached hydrogens (tertiary/aromatic N) is 2. The number of aliphatic hydroxyl groups excluding tert-OH is 1. The number of rotatable bonds is 6. The zero-order valence-corrected chi connectivity index (χ0v) is 16.5. The lowest BCUT2D eigenvalue weighted by molar-refractivity contribution is 0.0944. The zero-order valence-electron chi connectivity index (χ0n) is 14.9. The van der Waals surface area contributed by atoms with Gasteiger partial charge in [-0.15, -0.1) is 0 Å². The SMILES string of the molecule is NC(=O)c1cc2c3cc(Br)ccc3n(CC(O)COc3ccccc3)c2cn1. The summed E-state index contributed by atoms with van der Waals surface area (Å²) in [6, 6.07) is 16.9. The summed E-state index contributed by atoms with van der Waals surface area (Å²) in [5.74, 6) is 0.134. The Morgan fingerprint density at radius 3 is 2.64 bits per heavy atom. The number of nitrogens with two attached hydrogens (primary N) is 1. The van der Waals surface area contributed by atoms with Crippen LogP contribution in [0.2, 0.25) is 0 Å². The summed E-state index contributed by atoms with van der Waals surface area (Å²) >= 11 is 3.49. The summed E-state index contributed by atoms with van der Waals surface area (Å²) in [5.41, 5.74) is 7.34. The second kappa shape index (κ2) is 7.61. The van der Waals surface area contributed by atoms with Gasteiger partial charge in [0, 0.05) is 20.8 Å². The van der Waals surface area contributed by atoms with Gasteiger partial charge in [0.05, 0.1) is 18.3 Å². The van der Waals surface area contributed by atoms with Gasteiger partial charge in [-0.2, -0.15) is 0 Å². The van der Waals surface area contributed by atoms with Gasteiger partial charge in [-0.05, 0) is 36.4 Å². The minimum absolute atomic E-state index is 0.161. The first kappa shape index (κ1) is 18.5. The van der Waals surface area contributed by atoms with Gasteiger partial charge in [-0.1, -0.05) is 34.1 Å². The molecule has 2 heterocycles. The number of carbonyl (C=O) groups is 1. The third-order valence-corrected chi connectivity index (χ3v) is 5.04. The largest absolute Gasteiger partial charge is 0.491 e. The number of benzene rings is 2. The number of hydrogen-bond donors (Lipinski definition) is 2. The highest BCUT2D eigenvalue weighted by atomic mass is 79.9. The maximum absolute atomic E-state index is 11.5. The maximum atomic E-state index is 11.5. The van der Waals surface area contributed by atoms with E-state index in [4.69, 9.17) is 10.5 Å². The lowest BCUT2D eigenvalue weighted by atomic mass is 10.1. The van der Waals surface area contributed by atoms with Crippen molar-refractivity contribution in [2.75, 3.05) is 6.61 Å². The van der Waals surface area contributed by atoms with Crippen LogP contribution < -0.4 is 10.5 Å². The normalized spacial score (nSPS) is 12.4. The first-order chi connectivity index (χ1) is 13.5. The standard InChI is InChI=1S/C21H18BrN3O3/c22-13-6-7-19-16(8-13)17-9-18(21(23)27)24-10-20(17)25(19)11-14(26)12-28-15-4-2-1-3-5-15/h1-10,14,26H,11-12H2,(H2,23,27). The van der Waals surface area contributed by atoms with Gasteiger partial charge in [0.2, 0.25) is 0 Å². The predicted molar refractivity (Wildman–Crippen MR) is 111 cm³/mol. The van der Waals surface area contributed by atoms with Crippen LogP contribution in [0.15, 0.2) is 65.3 Å². The fourth-order valence-electron chi connectivity index (χ4n) is 3.27. The van der Waals surface area contributed by atoms with E-state index in [1.807, 2.05) is 53.1 Å². The van der Waals surface area contributed by atoms with Crippen molar-refractivity contribution in [1.29, 1.82) is 0 Å². The average Bonchev–Trinajstić information content (AvgIpc) is 2.99. The molecule has 0 bridgehead atoms. The van der Waals surface area contributed by atoms with E-state index in [-0.39, 0.29) is 12.3 Å². The highest BCUT2D eigenvalue weighted by molar-refractivity contribution is 9.10. The van der Waals surface area contributed by atoms with E-state index in [9.17, 15) is 9.90 Å². The Balaban J connectivity index is 1.69. The van der Waals surface area contributed by atoms with E-state index in [1.165, 1.54) is 0 Å². The molecule has 142 valence electrons. The first-order valence-electron chi connectivity index (χ1n) is 8.76. The Morgan fingerprint density at radius 1 is 1.14 bits per heavy atom. The molecule has 0 aliphatic heterocycles. The molecule has 0 aliphatic carbocycles. The molecule has 2 aromatic heterocycles. The summed E-state index contributed by atoms with van der Waals surface area (Å²) in [4.78, 5) is 15.7. The van der Waals surface area contributed by atoms with Crippen LogP contribution in [0.1, 0.15) is 10.5 Å². The zero-order chi connectivity index (χ0) is 19.7. The number of fused-ring (bicyclic) bond motifs is 3. The van der Waals surface area contributed by atoms with Crippen LogP contribution in [-0.4, -0.2) is 33.3 Å². The van der Waals surface area contributed by atoms with E-state index in [1.54, 1.807) is 12.3 Å². The van der Waals surface area contributed by atoms with Crippen LogP contribution in [0, 0.1) is 0 Å². The minimum Gasteiger partial charge on any atom is -0.491 e. The quantitative estimate of drug-likeness (QED) is 0.480. The molecule has 3 N–H and O–H groups in total. The molecular formula is C21H18BrN3O3. The third kappa shape index (κ3) is 3.58.